The van der Waals surface area contributed by atoms with E-state index in [1.54, 1.807) is 0 Å². The third-order valence-corrected chi connectivity index (χ3v) is 5.67. The van der Waals surface area contributed by atoms with Crippen LogP contribution >= 0.6 is 11.3 Å². The van der Waals surface area contributed by atoms with Crippen LogP contribution in [0.1, 0.15) is 31.4 Å². The van der Waals surface area contributed by atoms with Gasteiger partial charge in [-0.15, -0.1) is 11.3 Å². The number of aromatic nitrogens is 4. The summed E-state index contributed by atoms with van der Waals surface area (Å²) in [5.74, 6) is -0.981. The molecule has 3 atom stereocenters. The Bertz CT molecular complexity index is 1170. The highest BCUT2D eigenvalue weighted by Crippen LogP contribution is 2.33. The molecule has 0 radical (unpaired) electrons. The summed E-state index contributed by atoms with van der Waals surface area (Å²) in [7, 11) is 0. The number of imidazole rings is 1. The molecule has 0 amide bonds. The van der Waals surface area contributed by atoms with Crippen molar-refractivity contribution in [3.63, 3.8) is 0 Å². The molecule has 0 unspecified atom stereocenters. The van der Waals surface area contributed by atoms with E-state index >= 15 is 0 Å². The van der Waals surface area contributed by atoms with E-state index in [0.717, 1.165) is 4.88 Å². The lowest BCUT2D eigenvalue weighted by molar-refractivity contribution is -0.153. The van der Waals surface area contributed by atoms with Gasteiger partial charge in [-0.25, -0.2) is 14.3 Å². The summed E-state index contributed by atoms with van der Waals surface area (Å²) in [4.78, 5) is 45.5. The lowest BCUT2D eigenvalue weighted by Crippen LogP contribution is -2.33. The number of carbonyl (C=O) groups is 2. The summed E-state index contributed by atoms with van der Waals surface area (Å²) in [5.41, 5.74) is 6.12. The molecule has 0 saturated carbocycles. The average molecular weight is 447 g/mol. The number of hydrogen-bond donors (Lipinski definition) is 1. The summed E-state index contributed by atoms with van der Waals surface area (Å²) in [6.45, 7) is 2.86. The van der Waals surface area contributed by atoms with Crippen molar-refractivity contribution in [1.82, 2.24) is 19.1 Å². The minimum Gasteiger partial charge on any atom is -0.463 e. The third kappa shape index (κ3) is 4.30. The van der Waals surface area contributed by atoms with Gasteiger partial charge in [0.15, 0.2) is 11.9 Å². The smallest absolute Gasteiger partial charge is 0.333 e. The van der Waals surface area contributed by atoms with Crippen LogP contribution in [-0.2, 0) is 30.3 Å². The average Bonchev–Trinajstić information content (AvgIpc) is 3.40. The van der Waals surface area contributed by atoms with Crippen LogP contribution in [0.15, 0.2) is 28.5 Å². The van der Waals surface area contributed by atoms with Gasteiger partial charge in [-0.1, -0.05) is 6.07 Å². The predicted molar refractivity (Wildman–Crippen MR) is 110 cm³/mol. The molecule has 31 heavy (non-hydrogen) atoms. The molecule has 1 saturated heterocycles. The fourth-order valence-electron chi connectivity index (χ4n) is 3.59. The molecule has 1 aliphatic rings. The van der Waals surface area contributed by atoms with Crippen molar-refractivity contribution in [2.24, 2.45) is 0 Å². The predicted octanol–water partition coefficient (Wildman–Crippen LogP) is 1.07. The number of thiophene rings is 1. The Morgan fingerprint density at radius 1 is 1.35 bits per heavy atom. The van der Waals surface area contributed by atoms with Crippen LogP contribution in [0.2, 0.25) is 0 Å². The van der Waals surface area contributed by atoms with Crippen molar-refractivity contribution in [2.45, 2.75) is 45.2 Å². The highest BCUT2D eigenvalue weighted by atomic mass is 32.1. The second-order valence-electron chi connectivity index (χ2n) is 7.09. The maximum atomic E-state index is 13.4. The van der Waals surface area contributed by atoms with Gasteiger partial charge in [-0.3, -0.25) is 14.2 Å². The molecule has 2 N–H and O–H groups in total. The molecule has 3 aromatic heterocycles. The Balaban J connectivity index is 1.78. The third-order valence-electron chi connectivity index (χ3n) is 4.81. The van der Waals surface area contributed by atoms with Crippen molar-refractivity contribution in [2.75, 3.05) is 12.3 Å². The fourth-order valence-corrected chi connectivity index (χ4v) is 4.28. The zero-order valence-electron chi connectivity index (χ0n) is 16.9. The molecule has 1 fully saturated rings. The molecular weight excluding hydrogens is 426 g/mol. The van der Waals surface area contributed by atoms with Gasteiger partial charge in [0.05, 0.1) is 18.8 Å². The number of rotatable bonds is 6. The Hall–Kier alpha value is -3.25. The lowest BCUT2D eigenvalue weighted by Gasteiger charge is -2.19. The van der Waals surface area contributed by atoms with Crippen LogP contribution in [0.25, 0.3) is 11.2 Å². The SMILES string of the molecule is CC(=O)OC[C@@H]1C[C@@H](OC(C)=O)[C@H](n2c(=O)n(Cc3cccs3)c3cnc(N)nc32)O1. The molecule has 3 aromatic rings. The molecule has 4 rings (SSSR count). The standard InChI is InChI=1S/C19H21N5O6S/c1-10(25)28-9-12-6-15(29-11(2)26)17(30-12)24-16-14(7-21-18(20)22-16)23(19(24)27)8-13-4-3-5-31-13/h3-5,7,12,15,17H,6,8-9H2,1-2H3,(H2,20,21,22)/t12-,15+,17+/m0/s1. The molecule has 164 valence electrons. The van der Waals surface area contributed by atoms with E-state index in [1.807, 2.05) is 17.5 Å². The van der Waals surface area contributed by atoms with Crippen molar-refractivity contribution in [1.29, 1.82) is 0 Å². The summed E-state index contributed by atoms with van der Waals surface area (Å²) in [5, 5.41) is 1.92. The fraction of sp³-hybridized carbons (Fsp3) is 0.421. The largest absolute Gasteiger partial charge is 0.463 e. The van der Waals surface area contributed by atoms with E-state index in [-0.39, 0.29) is 24.6 Å². The van der Waals surface area contributed by atoms with Gasteiger partial charge in [0.25, 0.3) is 0 Å². The second kappa shape index (κ2) is 8.47. The molecule has 1 aliphatic heterocycles. The number of ether oxygens (including phenoxy) is 3. The Morgan fingerprint density at radius 2 is 2.16 bits per heavy atom. The van der Waals surface area contributed by atoms with Gasteiger partial charge in [-0.2, -0.15) is 4.98 Å². The van der Waals surface area contributed by atoms with E-state index in [4.69, 9.17) is 19.9 Å². The number of fused-ring (bicyclic) bond motifs is 1. The van der Waals surface area contributed by atoms with Gasteiger partial charge in [0.2, 0.25) is 5.95 Å². The molecule has 0 aliphatic carbocycles. The van der Waals surface area contributed by atoms with E-state index < -0.39 is 36.1 Å². The number of nitrogens with two attached hydrogens (primary N) is 1. The van der Waals surface area contributed by atoms with Crippen molar-refractivity contribution >= 4 is 40.4 Å². The number of nitrogen functional groups attached to an aromatic ring is 1. The minimum atomic E-state index is -0.960. The van der Waals surface area contributed by atoms with Gasteiger partial charge in [0, 0.05) is 25.1 Å². The number of anilines is 1. The van der Waals surface area contributed by atoms with Crippen molar-refractivity contribution < 1.29 is 23.8 Å². The first-order valence-corrected chi connectivity index (χ1v) is 10.4. The van der Waals surface area contributed by atoms with Crippen molar-refractivity contribution in [3.05, 3.63) is 39.1 Å². The first-order chi connectivity index (χ1) is 14.8. The quantitative estimate of drug-likeness (QED) is 0.549. The molecule has 0 aromatic carbocycles. The summed E-state index contributed by atoms with van der Waals surface area (Å²) in [6, 6.07) is 3.82. The van der Waals surface area contributed by atoms with Crippen LogP contribution < -0.4 is 11.4 Å². The molecule has 4 heterocycles. The summed E-state index contributed by atoms with van der Waals surface area (Å²) < 4.78 is 19.3. The number of nitrogens with zero attached hydrogens (tertiary/aromatic N) is 4. The van der Waals surface area contributed by atoms with Crippen LogP contribution in [0.3, 0.4) is 0 Å². The molecule has 11 nitrogen and oxygen atoms in total. The number of carbonyl (C=O) groups excluding carboxylic acids is 2. The van der Waals surface area contributed by atoms with E-state index in [1.165, 1.54) is 40.5 Å². The molecule has 0 spiro atoms. The maximum Gasteiger partial charge on any atom is 0.333 e. The Kier molecular flexibility index (Phi) is 5.74. The van der Waals surface area contributed by atoms with E-state index in [0.29, 0.717) is 12.1 Å². The summed E-state index contributed by atoms with van der Waals surface area (Å²) in [6.07, 6.45) is -0.552. The molecule has 12 heteroatoms. The zero-order chi connectivity index (χ0) is 22.1. The number of hydrogen-bond acceptors (Lipinski definition) is 10. The van der Waals surface area contributed by atoms with Gasteiger partial charge >= 0.3 is 17.6 Å². The first-order valence-electron chi connectivity index (χ1n) is 9.55. The lowest BCUT2D eigenvalue weighted by atomic mass is 10.2. The topological polar surface area (TPSA) is 141 Å². The van der Waals surface area contributed by atoms with Crippen LogP contribution in [-0.4, -0.2) is 49.9 Å². The maximum absolute atomic E-state index is 13.4. The van der Waals surface area contributed by atoms with E-state index in [2.05, 4.69) is 9.97 Å². The Labute approximate surface area is 180 Å². The first kappa shape index (κ1) is 21.0. The van der Waals surface area contributed by atoms with Gasteiger partial charge < -0.3 is 19.9 Å². The molecular formula is C19H21N5O6S. The van der Waals surface area contributed by atoms with Crippen LogP contribution in [0.4, 0.5) is 5.95 Å². The normalized spacial score (nSPS) is 20.8. The van der Waals surface area contributed by atoms with Gasteiger partial charge in [-0.05, 0) is 11.4 Å². The highest BCUT2D eigenvalue weighted by Gasteiger charge is 2.41. The van der Waals surface area contributed by atoms with Crippen molar-refractivity contribution in [3.8, 4) is 0 Å². The minimum absolute atomic E-state index is 0.00646. The Morgan fingerprint density at radius 3 is 2.84 bits per heavy atom. The van der Waals surface area contributed by atoms with Crippen LogP contribution in [0.5, 0.6) is 0 Å². The molecule has 0 bridgehead atoms. The van der Waals surface area contributed by atoms with Crippen LogP contribution in [0, 0.1) is 0 Å². The highest BCUT2D eigenvalue weighted by molar-refractivity contribution is 7.09. The van der Waals surface area contributed by atoms with E-state index in [9.17, 15) is 14.4 Å². The summed E-state index contributed by atoms with van der Waals surface area (Å²) >= 11 is 1.51. The monoisotopic (exact) mass is 447 g/mol. The number of esters is 2. The second-order valence-corrected chi connectivity index (χ2v) is 8.12. The van der Waals surface area contributed by atoms with Gasteiger partial charge in [0.1, 0.15) is 18.2 Å². The zero-order valence-corrected chi connectivity index (χ0v) is 17.7.